The molecule has 0 radical (unpaired) electrons. The van der Waals surface area contributed by atoms with Crippen LogP contribution in [0.5, 0.6) is 0 Å². The number of phosphoric acid groups is 2. The number of hydrogen-bond donors (Lipinski definition) is 6. The third kappa shape index (κ3) is 6.70. The van der Waals surface area contributed by atoms with Gasteiger partial charge in [-0.15, -0.1) is 0 Å². The molecule has 8 N–H and O–H groups in total. The van der Waals surface area contributed by atoms with Crippen LogP contribution >= 0.6 is 15.6 Å². The van der Waals surface area contributed by atoms with E-state index in [1.807, 2.05) is 0 Å². The lowest BCUT2D eigenvalue weighted by molar-refractivity contribution is -0.246. The van der Waals surface area contributed by atoms with Crippen molar-refractivity contribution in [3.63, 3.8) is 0 Å². The summed E-state index contributed by atoms with van der Waals surface area (Å²) in [6.07, 6.45) is -5.32. The molecule has 5 rings (SSSR count). The molecule has 4 unspecified atom stereocenters. The number of rotatable bonds is 11. The lowest BCUT2D eigenvalue weighted by Crippen LogP contribution is -2.40. The minimum Gasteiger partial charge on any atom is -0.756 e. The van der Waals surface area contributed by atoms with Gasteiger partial charge in [0.15, 0.2) is 23.9 Å². The van der Waals surface area contributed by atoms with Gasteiger partial charge in [-0.05, 0) is 6.42 Å². The summed E-state index contributed by atoms with van der Waals surface area (Å²) in [5.41, 5.74) is 11.5. The molecule has 2 saturated heterocycles. The van der Waals surface area contributed by atoms with E-state index in [2.05, 4.69) is 28.3 Å². The first-order valence-electron chi connectivity index (χ1n) is 12.7. The summed E-state index contributed by atoms with van der Waals surface area (Å²) in [5, 5.41) is 41.5. The van der Waals surface area contributed by atoms with Crippen LogP contribution in [-0.2, 0) is 36.8 Å². The summed E-state index contributed by atoms with van der Waals surface area (Å²) in [7, 11) is -11.4. The van der Waals surface area contributed by atoms with Crippen LogP contribution < -0.4 is 21.3 Å². The summed E-state index contributed by atoms with van der Waals surface area (Å²) in [5.74, 6) is -0.686. The molecule has 242 valence electrons. The fourth-order valence-electron chi connectivity index (χ4n) is 4.66. The molecule has 10 atom stereocenters. The van der Waals surface area contributed by atoms with E-state index in [9.17, 15) is 44.1 Å². The van der Waals surface area contributed by atoms with Crippen molar-refractivity contribution in [2.75, 3.05) is 18.9 Å². The molecule has 44 heavy (non-hydrogen) atoms. The second-order valence-corrected chi connectivity index (χ2v) is 12.8. The number of imidazole rings is 1. The number of carbonyl (C=O) groups is 1. The van der Waals surface area contributed by atoms with Gasteiger partial charge in [0.1, 0.15) is 48.5 Å². The number of carbonyl (C=O) groups excluding carboxylic acids is 1. The second-order valence-electron chi connectivity index (χ2n) is 9.80. The van der Waals surface area contributed by atoms with Crippen molar-refractivity contribution in [3.05, 3.63) is 36.7 Å². The second kappa shape index (κ2) is 12.5. The number of nitrogen functional groups attached to an aromatic ring is 1. The Hall–Kier alpha value is -2.88. The van der Waals surface area contributed by atoms with Crippen LogP contribution in [-0.4, -0.2) is 107 Å². The molecule has 3 aliphatic heterocycles. The molecular weight excluding hydrogens is 636 g/mol. The molecule has 23 heteroatoms. The number of amides is 1. The standard InChI is InChI=1S/C21H29N7O14P2/c22-17-12-19(25-7-24-17)28(8-26-12)21-16(32)14(30)11(41-21)6-39-44(36,37)42-43(34,35)38-5-10-13(29)15(31)20(40-10)27-3-1-2-9(4-27)18(23)33/h1,3-4,7-8,10-11,13-16,20-21,29-32H,2,5-6H2,(H2,23,33)(H,34,35)(H,36,37)(H2,22,24,25)/p-2/t10?,11-,13+,14-,15+,16-,20?,21-/m1/s1. The predicted octanol–water partition coefficient (Wildman–Crippen LogP) is -3.95. The summed E-state index contributed by atoms with van der Waals surface area (Å²) >= 11 is 0. The smallest absolute Gasteiger partial charge is 0.274 e. The highest BCUT2D eigenvalue weighted by Crippen LogP contribution is 2.56. The molecule has 2 fully saturated rings. The average Bonchev–Trinajstić information content (AvgIpc) is 3.61. The summed E-state index contributed by atoms with van der Waals surface area (Å²) in [6, 6.07) is 0. The van der Waals surface area contributed by atoms with Gasteiger partial charge in [-0.25, -0.2) is 19.3 Å². The Morgan fingerprint density at radius 2 is 1.57 bits per heavy atom. The highest BCUT2D eigenvalue weighted by Gasteiger charge is 2.47. The Bertz CT molecular complexity index is 1560. The van der Waals surface area contributed by atoms with Crippen LogP contribution in [0.2, 0.25) is 0 Å². The van der Waals surface area contributed by atoms with E-state index in [1.165, 1.54) is 28.2 Å². The highest BCUT2D eigenvalue weighted by molar-refractivity contribution is 7.59. The maximum Gasteiger partial charge on any atom is 0.274 e. The molecule has 21 nitrogen and oxygen atoms in total. The van der Waals surface area contributed by atoms with Crippen LogP contribution in [0.25, 0.3) is 11.2 Å². The van der Waals surface area contributed by atoms with Crippen LogP contribution in [0.4, 0.5) is 5.82 Å². The quantitative estimate of drug-likeness (QED) is 0.125. The van der Waals surface area contributed by atoms with Crippen molar-refractivity contribution in [1.29, 1.82) is 0 Å². The fraction of sp³-hybridized carbons (Fsp3) is 0.524. The first-order chi connectivity index (χ1) is 20.7. The molecule has 1 amide bonds. The number of primary amides is 1. The minimum atomic E-state index is -5.68. The predicted molar refractivity (Wildman–Crippen MR) is 137 cm³/mol. The summed E-state index contributed by atoms with van der Waals surface area (Å²) in [6.45, 7) is -1.97. The Labute approximate surface area is 247 Å². The molecule has 3 aliphatic rings. The molecule has 2 aromatic rings. The van der Waals surface area contributed by atoms with Gasteiger partial charge in [-0.1, -0.05) is 6.08 Å². The highest BCUT2D eigenvalue weighted by atomic mass is 31.3. The van der Waals surface area contributed by atoms with Crippen LogP contribution in [0.15, 0.2) is 36.7 Å². The Kier molecular flexibility index (Phi) is 9.23. The molecule has 5 heterocycles. The molecular formula is C21H27N7O14P2-2. The normalized spacial score (nSPS) is 33.3. The van der Waals surface area contributed by atoms with E-state index < -0.39 is 83.8 Å². The number of nitrogens with two attached hydrogens (primary N) is 2. The number of hydrogen-bond acceptors (Lipinski definition) is 19. The van der Waals surface area contributed by atoms with Crippen molar-refractivity contribution in [1.82, 2.24) is 24.4 Å². The number of anilines is 1. The number of aliphatic hydroxyl groups is 4. The van der Waals surface area contributed by atoms with Crippen molar-refractivity contribution >= 4 is 38.5 Å². The number of aliphatic hydroxyl groups excluding tert-OH is 4. The minimum absolute atomic E-state index is 0.0375. The van der Waals surface area contributed by atoms with E-state index in [1.54, 1.807) is 6.08 Å². The summed E-state index contributed by atoms with van der Waals surface area (Å²) < 4.78 is 49.9. The van der Waals surface area contributed by atoms with Gasteiger partial charge in [-0.3, -0.25) is 18.5 Å². The lowest BCUT2D eigenvalue weighted by atomic mass is 10.1. The molecule has 2 aromatic heterocycles. The lowest BCUT2D eigenvalue weighted by Gasteiger charge is -2.32. The van der Waals surface area contributed by atoms with Crippen molar-refractivity contribution < 1.29 is 67.0 Å². The van der Waals surface area contributed by atoms with Crippen molar-refractivity contribution in [2.24, 2.45) is 5.73 Å². The zero-order valence-corrected chi connectivity index (χ0v) is 24.1. The zero-order chi connectivity index (χ0) is 32.0. The zero-order valence-electron chi connectivity index (χ0n) is 22.3. The molecule has 0 aromatic carbocycles. The molecule has 0 aliphatic carbocycles. The maximum absolute atomic E-state index is 12.3. The van der Waals surface area contributed by atoms with E-state index in [0.717, 1.165) is 6.33 Å². The number of nitrogens with zero attached hydrogens (tertiary/aromatic N) is 5. The number of phosphoric ester groups is 2. The molecule has 0 saturated carbocycles. The van der Waals surface area contributed by atoms with Gasteiger partial charge in [0.05, 0.1) is 19.5 Å². The van der Waals surface area contributed by atoms with Gasteiger partial charge in [0.2, 0.25) is 5.91 Å². The monoisotopic (exact) mass is 663 g/mol. The number of fused-ring (bicyclic) bond motifs is 1. The van der Waals surface area contributed by atoms with Gasteiger partial charge in [-0.2, -0.15) is 0 Å². The Balaban J connectivity index is 1.15. The average molecular weight is 663 g/mol. The number of aromatic nitrogens is 4. The first-order valence-corrected chi connectivity index (χ1v) is 15.6. The van der Waals surface area contributed by atoms with Gasteiger partial charge in [0.25, 0.3) is 15.6 Å². The third-order valence-corrected chi connectivity index (χ3v) is 9.39. The maximum atomic E-state index is 12.3. The Morgan fingerprint density at radius 1 is 0.977 bits per heavy atom. The fourth-order valence-corrected chi connectivity index (χ4v) is 6.68. The van der Waals surface area contributed by atoms with Crippen LogP contribution in [0, 0.1) is 0 Å². The van der Waals surface area contributed by atoms with Crippen LogP contribution in [0.3, 0.4) is 0 Å². The van der Waals surface area contributed by atoms with E-state index >= 15 is 0 Å². The van der Waals surface area contributed by atoms with Crippen LogP contribution in [0.1, 0.15) is 12.6 Å². The van der Waals surface area contributed by atoms with Gasteiger partial charge in [0, 0.05) is 18.0 Å². The Morgan fingerprint density at radius 3 is 2.18 bits per heavy atom. The number of ether oxygens (including phenoxy) is 2. The SMILES string of the molecule is NC(=O)C1=CN(C2OC(COP(=O)([O-])OP(=O)([O-])OC[C@H]3O[C@@H](n4cnc5c(N)ncnc54)[C@H](O)[C@@H]3O)[C@H](O)[C@@H]2O)C=CC1. The molecule has 0 spiro atoms. The van der Waals surface area contributed by atoms with Gasteiger partial charge >= 0.3 is 0 Å². The first kappa shape index (κ1) is 32.5. The summed E-state index contributed by atoms with van der Waals surface area (Å²) in [4.78, 5) is 49.0. The number of allylic oxidation sites excluding steroid dienone is 1. The molecule has 0 bridgehead atoms. The van der Waals surface area contributed by atoms with Gasteiger partial charge < -0.3 is 65.1 Å². The van der Waals surface area contributed by atoms with E-state index in [-0.39, 0.29) is 29.0 Å². The topological polar surface area (TPSA) is 323 Å². The van der Waals surface area contributed by atoms with Crippen molar-refractivity contribution in [3.8, 4) is 0 Å². The van der Waals surface area contributed by atoms with Crippen molar-refractivity contribution in [2.45, 2.75) is 55.5 Å². The largest absolute Gasteiger partial charge is 0.756 e. The van der Waals surface area contributed by atoms with E-state index in [0.29, 0.717) is 0 Å². The van der Waals surface area contributed by atoms with E-state index in [4.69, 9.17) is 20.9 Å². The third-order valence-electron chi connectivity index (χ3n) is 6.86.